The van der Waals surface area contributed by atoms with Crippen molar-refractivity contribution in [3.63, 3.8) is 0 Å². The van der Waals surface area contributed by atoms with Crippen molar-refractivity contribution in [1.29, 1.82) is 0 Å². The number of anilines is 1. The topological polar surface area (TPSA) is 70.2 Å². The van der Waals surface area contributed by atoms with Gasteiger partial charge in [0.05, 0.1) is 11.4 Å². The summed E-state index contributed by atoms with van der Waals surface area (Å²) in [6, 6.07) is 7.66. The molecule has 6 heteroatoms. The van der Waals surface area contributed by atoms with E-state index in [1.807, 2.05) is 24.3 Å². The van der Waals surface area contributed by atoms with Gasteiger partial charge in [0.2, 0.25) is 11.8 Å². The lowest BCUT2D eigenvalue weighted by Gasteiger charge is -2.14. The monoisotopic (exact) mass is 515 g/mol. The molecule has 1 aliphatic rings. The van der Waals surface area contributed by atoms with Crippen LogP contribution in [0.25, 0.3) is 0 Å². The van der Waals surface area contributed by atoms with Gasteiger partial charge in [-0.3, -0.25) is 14.9 Å². The van der Waals surface area contributed by atoms with Crippen LogP contribution in [0.5, 0.6) is 0 Å². The van der Waals surface area contributed by atoms with Crippen LogP contribution >= 0.6 is 11.8 Å². The van der Waals surface area contributed by atoms with E-state index in [0.717, 1.165) is 30.0 Å². The van der Waals surface area contributed by atoms with E-state index in [1.54, 1.807) is 11.8 Å². The molecule has 1 aliphatic heterocycles. The Labute approximate surface area is 224 Å². The first kappa shape index (κ1) is 30.4. The standard InChI is InChI=1S/C30H49N3O2S/c1-3-4-5-6-7-8-9-10-11-12-13-14-15-16-17-18-23-31-29(35)28-24-36-30(33-28)26-19-21-27(22-20-26)32-25(2)34/h11-12,19-22,28,30,33H,3-10,13-18,23-24H2,1-2H3,(H,31,35)(H,32,34)/b12-11-. The lowest BCUT2D eigenvalue weighted by atomic mass is 10.1. The highest BCUT2D eigenvalue weighted by molar-refractivity contribution is 7.99. The van der Waals surface area contributed by atoms with Gasteiger partial charge in [-0.15, -0.1) is 11.8 Å². The average molecular weight is 516 g/mol. The predicted octanol–water partition coefficient (Wildman–Crippen LogP) is 7.50. The number of hydrogen-bond acceptors (Lipinski definition) is 4. The molecule has 1 heterocycles. The maximum atomic E-state index is 12.5. The molecule has 0 radical (unpaired) electrons. The fraction of sp³-hybridized carbons (Fsp3) is 0.667. The van der Waals surface area contributed by atoms with E-state index in [1.165, 1.54) is 90.4 Å². The molecule has 36 heavy (non-hydrogen) atoms. The van der Waals surface area contributed by atoms with Crippen LogP contribution in [0.4, 0.5) is 5.69 Å². The van der Waals surface area contributed by atoms with Crippen LogP contribution in [-0.4, -0.2) is 30.2 Å². The Kier molecular flexibility index (Phi) is 16.3. The van der Waals surface area contributed by atoms with Gasteiger partial charge in [0.15, 0.2) is 0 Å². The molecule has 0 bridgehead atoms. The Morgan fingerprint density at radius 3 is 2.08 bits per heavy atom. The fourth-order valence-corrected chi connectivity index (χ4v) is 5.71. The number of nitrogens with one attached hydrogen (secondary N) is 3. The van der Waals surface area contributed by atoms with Crippen LogP contribution in [0.2, 0.25) is 0 Å². The first-order valence-corrected chi connectivity index (χ1v) is 15.3. The number of unbranched alkanes of at least 4 members (excludes halogenated alkanes) is 12. The molecule has 202 valence electrons. The van der Waals surface area contributed by atoms with E-state index < -0.39 is 0 Å². The molecule has 1 fully saturated rings. The Morgan fingerprint density at radius 1 is 0.889 bits per heavy atom. The van der Waals surface area contributed by atoms with Gasteiger partial charge in [0, 0.05) is 24.9 Å². The predicted molar refractivity (Wildman–Crippen MR) is 155 cm³/mol. The molecule has 0 saturated carbocycles. The minimum atomic E-state index is -0.150. The van der Waals surface area contributed by atoms with Gasteiger partial charge in [0.25, 0.3) is 0 Å². The summed E-state index contributed by atoms with van der Waals surface area (Å²) in [4.78, 5) is 23.7. The molecule has 2 unspecified atom stereocenters. The smallest absolute Gasteiger partial charge is 0.238 e. The molecule has 1 saturated heterocycles. The Hall–Kier alpha value is -1.79. The number of allylic oxidation sites excluding steroid dienone is 2. The summed E-state index contributed by atoms with van der Waals surface area (Å²) in [6.45, 7) is 4.54. The summed E-state index contributed by atoms with van der Waals surface area (Å²) in [5.74, 6) is 0.802. The lowest BCUT2D eigenvalue weighted by Crippen LogP contribution is -2.42. The number of amides is 2. The van der Waals surface area contributed by atoms with Gasteiger partial charge in [-0.05, 0) is 49.8 Å². The van der Waals surface area contributed by atoms with E-state index in [0.29, 0.717) is 0 Å². The van der Waals surface area contributed by atoms with Crippen molar-refractivity contribution in [2.45, 2.75) is 115 Å². The van der Waals surface area contributed by atoms with Crippen molar-refractivity contribution < 1.29 is 9.59 Å². The lowest BCUT2D eigenvalue weighted by molar-refractivity contribution is -0.122. The minimum Gasteiger partial charge on any atom is -0.355 e. The molecular formula is C30H49N3O2S. The Balaban J connectivity index is 1.42. The van der Waals surface area contributed by atoms with Crippen molar-refractivity contribution in [1.82, 2.24) is 10.6 Å². The van der Waals surface area contributed by atoms with Crippen LogP contribution in [0.1, 0.15) is 115 Å². The number of benzene rings is 1. The highest BCUT2D eigenvalue weighted by Gasteiger charge is 2.30. The zero-order valence-corrected chi connectivity index (χ0v) is 23.5. The largest absolute Gasteiger partial charge is 0.355 e. The van der Waals surface area contributed by atoms with Crippen LogP contribution in [0, 0.1) is 0 Å². The van der Waals surface area contributed by atoms with Crippen LogP contribution in [-0.2, 0) is 9.59 Å². The van der Waals surface area contributed by atoms with Crippen molar-refractivity contribution in [3.05, 3.63) is 42.0 Å². The molecular weight excluding hydrogens is 466 g/mol. The number of hydrogen-bond donors (Lipinski definition) is 3. The second-order valence-electron chi connectivity index (χ2n) is 9.96. The number of carbonyl (C=O) groups is 2. The van der Waals surface area contributed by atoms with Crippen LogP contribution in [0.15, 0.2) is 36.4 Å². The van der Waals surface area contributed by atoms with Crippen LogP contribution in [0.3, 0.4) is 0 Å². The van der Waals surface area contributed by atoms with Gasteiger partial charge in [-0.1, -0.05) is 89.0 Å². The molecule has 0 spiro atoms. The van der Waals surface area contributed by atoms with Crippen molar-refractivity contribution in [3.8, 4) is 0 Å². The summed E-state index contributed by atoms with van der Waals surface area (Å²) in [7, 11) is 0. The third-order valence-electron chi connectivity index (χ3n) is 6.62. The molecule has 2 rings (SSSR count). The van der Waals surface area contributed by atoms with E-state index in [-0.39, 0.29) is 23.2 Å². The first-order valence-electron chi connectivity index (χ1n) is 14.3. The van der Waals surface area contributed by atoms with Gasteiger partial charge in [0.1, 0.15) is 0 Å². The third kappa shape index (κ3) is 13.5. The zero-order chi connectivity index (χ0) is 25.8. The van der Waals surface area contributed by atoms with Crippen molar-refractivity contribution in [2.75, 3.05) is 17.6 Å². The second kappa shape index (κ2) is 19.3. The summed E-state index contributed by atoms with van der Waals surface area (Å²) < 4.78 is 0. The molecule has 1 aromatic rings. The SMILES string of the molecule is CCCCCCCCC/C=C\CCCCCCCNC(=O)C1CSC(c2ccc(NC(C)=O)cc2)N1. The molecule has 5 nitrogen and oxygen atoms in total. The normalized spacial score (nSPS) is 17.5. The zero-order valence-electron chi connectivity index (χ0n) is 22.7. The van der Waals surface area contributed by atoms with E-state index >= 15 is 0 Å². The van der Waals surface area contributed by atoms with Gasteiger partial charge < -0.3 is 10.6 Å². The Bertz CT molecular complexity index is 766. The van der Waals surface area contributed by atoms with Crippen molar-refractivity contribution >= 4 is 29.3 Å². The average Bonchev–Trinajstić information content (AvgIpc) is 3.36. The summed E-state index contributed by atoms with van der Waals surface area (Å²) in [5, 5.41) is 9.42. The van der Waals surface area contributed by atoms with E-state index in [2.05, 4.69) is 35.0 Å². The molecule has 0 aliphatic carbocycles. The van der Waals surface area contributed by atoms with Gasteiger partial charge >= 0.3 is 0 Å². The van der Waals surface area contributed by atoms with Gasteiger partial charge in [-0.2, -0.15) is 0 Å². The van der Waals surface area contributed by atoms with E-state index in [9.17, 15) is 9.59 Å². The highest BCUT2D eigenvalue weighted by Crippen LogP contribution is 2.33. The molecule has 0 aromatic heterocycles. The molecule has 2 atom stereocenters. The fourth-order valence-electron chi connectivity index (χ4n) is 4.47. The first-order chi connectivity index (χ1) is 17.6. The maximum Gasteiger partial charge on any atom is 0.238 e. The third-order valence-corrected chi connectivity index (χ3v) is 7.89. The summed E-state index contributed by atoms with van der Waals surface area (Å²) >= 11 is 1.75. The van der Waals surface area contributed by atoms with E-state index in [4.69, 9.17) is 0 Å². The number of thioether (sulfide) groups is 1. The number of carbonyl (C=O) groups excluding carboxylic acids is 2. The molecule has 1 aromatic carbocycles. The van der Waals surface area contributed by atoms with Gasteiger partial charge in [-0.25, -0.2) is 0 Å². The Morgan fingerprint density at radius 2 is 1.47 bits per heavy atom. The summed E-state index contributed by atoms with van der Waals surface area (Å²) in [6.07, 6.45) is 22.9. The quantitative estimate of drug-likeness (QED) is 0.132. The van der Waals surface area contributed by atoms with Crippen molar-refractivity contribution in [2.24, 2.45) is 0 Å². The number of rotatable bonds is 19. The second-order valence-corrected chi connectivity index (χ2v) is 11.1. The summed E-state index contributed by atoms with van der Waals surface area (Å²) in [5.41, 5.74) is 1.91. The molecule has 3 N–H and O–H groups in total. The minimum absolute atomic E-state index is 0.0747. The maximum absolute atomic E-state index is 12.5. The van der Waals surface area contributed by atoms with Crippen LogP contribution < -0.4 is 16.0 Å². The molecule has 2 amide bonds. The highest BCUT2D eigenvalue weighted by atomic mass is 32.2.